The molecule has 4 rings (SSSR count). The molecule has 0 atom stereocenters. The smallest absolute Gasteiger partial charge is 0.335 e. The van der Waals surface area contributed by atoms with E-state index in [-0.39, 0.29) is 18.0 Å². The normalized spacial score (nSPS) is 10.6. The van der Waals surface area contributed by atoms with Gasteiger partial charge in [-0.05, 0) is 36.4 Å². The Balaban J connectivity index is 0.00000182. The molecule has 0 aliphatic heterocycles. The highest BCUT2D eigenvalue weighted by atomic mass is 35.5. The summed E-state index contributed by atoms with van der Waals surface area (Å²) in [6.07, 6.45) is 0. The van der Waals surface area contributed by atoms with Crippen LogP contribution in [-0.2, 0) is 0 Å². The third kappa shape index (κ3) is 3.18. The first-order valence-corrected chi connectivity index (χ1v) is 7.68. The zero-order chi connectivity index (χ0) is 16.5. The van der Waals surface area contributed by atoms with E-state index < -0.39 is 5.97 Å². The first-order valence-electron chi connectivity index (χ1n) is 7.68. The summed E-state index contributed by atoms with van der Waals surface area (Å²) < 4.78 is 0. The molecule has 25 heavy (non-hydrogen) atoms. The molecular formula is C20H15ClN2O2. The van der Waals surface area contributed by atoms with Crippen molar-refractivity contribution in [2.24, 2.45) is 0 Å². The Morgan fingerprint density at radius 3 is 1.84 bits per heavy atom. The van der Waals surface area contributed by atoms with E-state index in [9.17, 15) is 4.79 Å². The average molecular weight is 351 g/mol. The van der Waals surface area contributed by atoms with Gasteiger partial charge in [-0.2, -0.15) is 0 Å². The molecule has 3 aromatic carbocycles. The van der Waals surface area contributed by atoms with E-state index in [2.05, 4.69) is 17.4 Å². The van der Waals surface area contributed by atoms with Crippen LogP contribution in [0.15, 0.2) is 72.8 Å². The fraction of sp³-hybridized carbons (Fsp3) is 0. The lowest BCUT2D eigenvalue weighted by molar-refractivity contribution is -0.475. The summed E-state index contributed by atoms with van der Waals surface area (Å²) in [5.41, 5.74) is 4.24. The Hall–Kier alpha value is -2.95. The van der Waals surface area contributed by atoms with Crippen LogP contribution in [0.1, 0.15) is 10.4 Å². The maximum atomic E-state index is 11.0. The summed E-state index contributed by atoms with van der Waals surface area (Å²) in [5, 5.41) is 13.3. The number of nitrogens with two attached hydrogens (primary N) is 1. The quantitative estimate of drug-likeness (QED) is 0.420. The third-order valence-corrected chi connectivity index (χ3v) is 4.10. The Morgan fingerprint density at radius 1 is 0.800 bits per heavy atom. The molecule has 0 fully saturated rings. The average Bonchev–Trinajstić information content (AvgIpc) is 2.62. The summed E-state index contributed by atoms with van der Waals surface area (Å²) in [4.78, 5) is 15.7. The fourth-order valence-electron chi connectivity index (χ4n) is 2.92. The molecule has 5 heteroatoms. The number of aromatic carboxylic acids is 1. The predicted molar refractivity (Wildman–Crippen MR) is 93.9 cm³/mol. The van der Waals surface area contributed by atoms with Crippen LogP contribution in [0.2, 0.25) is 0 Å². The second-order valence-electron chi connectivity index (χ2n) is 5.63. The second kappa shape index (κ2) is 6.89. The number of halogens is 1. The summed E-state index contributed by atoms with van der Waals surface area (Å²) in [5.74, 6) is -0.915. The summed E-state index contributed by atoms with van der Waals surface area (Å²) in [7, 11) is 0. The van der Waals surface area contributed by atoms with Crippen molar-refractivity contribution in [1.82, 2.24) is 4.98 Å². The van der Waals surface area contributed by atoms with Crippen molar-refractivity contribution < 1.29 is 27.6 Å². The van der Waals surface area contributed by atoms with Crippen molar-refractivity contribution in [2.75, 3.05) is 0 Å². The van der Waals surface area contributed by atoms with Crippen LogP contribution < -0.4 is 17.7 Å². The van der Waals surface area contributed by atoms with Crippen molar-refractivity contribution in [1.29, 1.82) is 0 Å². The minimum atomic E-state index is -0.915. The molecule has 1 aromatic heterocycles. The van der Waals surface area contributed by atoms with E-state index in [0.29, 0.717) is 0 Å². The van der Waals surface area contributed by atoms with Gasteiger partial charge in [-0.1, -0.05) is 24.3 Å². The number of para-hydroxylation sites is 2. The summed E-state index contributed by atoms with van der Waals surface area (Å²) in [6.45, 7) is 0. The molecule has 124 valence electrons. The lowest BCUT2D eigenvalue weighted by Gasteiger charge is -2.08. The zero-order valence-corrected chi connectivity index (χ0v) is 13.9. The van der Waals surface area contributed by atoms with Crippen LogP contribution in [0, 0.1) is 0 Å². The number of rotatable bonds is 3. The van der Waals surface area contributed by atoms with Crippen LogP contribution in [0.4, 0.5) is 11.4 Å². The van der Waals surface area contributed by atoms with Gasteiger partial charge < -0.3 is 17.5 Å². The van der Waals surface area contributed by atoms with Crippen LogP contribution in [-0.4, -0.2) is 16.1 Å². The van der Waals surface area contributed by atoms with Gasteiger partial charge in [-0.3, -0.25) is 5.32 Å². The van der Waals surface area contributed by atoms with Gasteiger partial charge in [0, 0.05) is 12.1 Å². The van der Waals surface area contributed by atoms with Gasteiger partial charge in [-0.25, -0.2) is 9.78 Å². The van der Waals surface area contributed by atoms with Gasteiger partial charge in [0.25, 0.3) is 0 Å². The largest absolute Gasteiger partial charge is 1.00 e. The number of quaternary nitrogens is 1. The van der Waals surface area contributed by atoms with Crippen LogP contribution in [0.5, 0.6) is 0 Å². The highest BCUT2D eigenvalue weighted by Crippen LogP contribution is 2.27. The van der Waals surface area contributed by atoms with E-state index in [0.717, 1.165) is 33.2 Å². The number of carboxylic acid groups (broad SMARTS) is 1. The first kappa shape index (κ1) is 16.9. The molecule has 0 saturated heterocycles. The van der Waals surface area contributed by atoms with E-state index in [1.807, 2.05) is 48.5 Å². The van der Waals surface area contributed by atoms with E-state index in [1.165, 1.54) is 0 Å². The van der Waals surface area contributed by atoms with Crippen molar-refractivity contribution in [3.8, 4) is 0 Å². The van der Waals surface area contributed by atoms with E-state index in [4.69, 9.17) is 10.1 Å². The molecule has 0 aliphatic carbocycles. The lowest BCUT2D eigenvalue weighted by atomic mass is 10.1. The topological polar surface area (TPSA) is 66.8 Å². The molecular weight excluding hydrogens is 336 g/mol. The SMILES string of the molecule is O=C(O)c1ccc([NH2+]c2c3ccccc3nc3ccccc23)cc1.[Cl-]. The van der Waals surface area contributed by atoms with Crippen molar-refractivity contribution in [3.63, 3.8) is 0 Å². The van der Waals surface area contributed by atoms with Gasteiger partial charge in [-0.15, -0.1) is 0 Å². The molecule has 0 saturated carbocycles. The molecule has 0 amide bonds. The highest BCUT2D eigenvalue weighted by Gasteiger charge is 2.13. The minimum absolute atomic E-state index is 0. The van der Waals surface area contributed by atoms with Crippen LogP contribution in [0.3, 0.4) is 0 Å². The van der Waals surface area contributed by atoms with Crippen molar-refractivity contribution >= 4 is 39.1 Å². The Bertz CT molecular complexity index is 1010. The Kier molecular flexibility index (Phi) is 4.65. The molecule has 0 spiro atoms. The van der Waals surface area contributed by atoms with E-state index >= 15 is 0 Å². The van der Waals surface area contributed by atoms with Crippen LogP contribution >= 0.6 is 0 Å². The molecule has 0 aliphatic rings. The molecule has 3 N–H and O–H groups in total. The van der Waals surface area contributed by atoms with E-state index in [1.54, 1.807) is 12.1 Å². The van der Waals surface area contributed by atoms with Gasteiger partial charge in [0.1, 0.15) is 5.69 Å². The zero-order valence-electron chi connectivity index (χ0n) is 13.2. The van der Waals surface area contributed by atoms with Gasteiger partial charge >= 0.3 is 5.97 Å². The molecule has 4 aromatic rings. The number of pyridine rings is 1. The number of benzene rings is 3. The minimum Gasteiger partial charge on any atom is -1.00 e. The lowest BCUT2D eigenvalue weighted by Crippen LogP contribution is -3.00. The molecule has 0 radical (unpaired) electrons. The van der Waals surface area contributed by atoms with Crippen molar-refractivity contribution in [3.05, 3.63) is 78.4 Å². The number of carboxylic acids is 1. The Morgan fingerprint density at radius 2 is 1.32 bits per heavy atom. The fourth-order valence-corrected chi connectivity index (χ4v) is 2.92. The third-order valence-electron chi connectivity index (χ3n) is 4.10. The number of carbonyl (C=O) groups is 1. The first-order chi connectivity index (χ1) is 11.7. The number of hydrogen-bond acceptors (Lipinski definition) is 2. The van der Waals surface area contributed by atoms with Gasteiger partial charge in [0.05, 0.1) is 27.4 Å². The molecule has 0 unspecified atom stereocenters. The van der Waals surface area contributed by atoms with Crippen molar-refractivity contribution in [2.45, 2.75) is 0 Å². The second-order valence-corrected chi connectivity index (χ2v) is 5.63. The molecule has 0 bridgehead atoms. The predicted octanol–water partition coefficient (Wildman–Crippen LogP) is 0.617. The number of fused-ring (bicyclic) bond motifs is 2. The highest BCUT2D eigenvalue weighted by molar-refractivity contribution is 6.03. The summed E-state index contributed by atoms with van der Waals surface area (Å²) >= 11 is 0. The maximum Gasteiger partial charge on any atom is 0.335 e. The Labute approximate surface area is 150 Å². The molecule has 1 heterocycles. The maximum absolute atomic E-state index is 11.0. The summed E-state index contributed by atoms with van der Waals surface area (Å²) in [6, 6.07) is 23.0. The van der Waals surface area contributed by atoms with Crippen LogP contribution in [0.25, 0.3) is 21.8 Å². The van der Waals surface area contributed by atoms with Gasteiger partial charge in [0.2, 0.25) is 0 Å². The number of hydrogen-bond donors (Lipinski definition) is 2. The number of nitrogens with zero attached hydrogens (tertiary/aromatic N) is 1. The monoisotopic (exact) mass is 350 g/mol. The number of aromatic nitrogens is 1. The van der Waals surface area contributed by atoms with Gasteiger partial charge in [0.15, 0.2) is 5.69 Å². The molecule has 4 nitrogen and oxygen atoms in total. The standard InChI is InChI=1S/C20H14N2O2.ClH/c23-20(24)13-9-11-14(12-10-13)21-19-15-5-1-3-7-17(15)22-18-8-4-2-6-16(18)19;/h1-12H,(H,21,22)(H,23,24);1H.